The molecule has 0 aliphatic carbocycles. The molecular weight excluding hydrogens is 363 g/mol. The smallest absolute Gasteiger partial charge is 0.450 e. The van der Waals surface area contributed by atoms with Gasteiger partial charge < -0.3 is 19.5 Å². The Morgan fingerprint density at radius 1 is 1.00 bits per heavy atom. The molecule has 1 aromatic carbocycles. The number of carbonyl (C=O) groups excluding carboxylic acids is 2. The zero-order valence-electron chi connectivity index (χ0n) is 14.5. The molecule has 0 bridgehead atoms. The van der Waals surface area contributed by atoms with Crippen molar-refractivity contribution in [3.05, 3.63) is 53.5 Å². The van der Waals surface area contributed by atoms with Crippen molar-refractivity contribution in [2.24, 2.45) is 0 Å². The number of urea groups is 1. The Labute approximate surface area is 153 Å². The molecule has 0 saturated carbocycles. The summed E-state index contributed by atoms with van der Waals surface area (Å²) in [6.07, 6.45) is -3.88. The zero-order chi connectivity index (χ0) is 19.6. The van der Waals surface area contributed by atoms with Crippen molar-refractivity contribution in [1.29, 1.82) is 0 Å². The van der Waals surface area contributed by atoms with Gasteiger partial charge in [-0.1, -0.05) is 17.7 Å². The fourth-order valence-electron chi connectivity index (χ4n) is 2.82. The number of carbonyl (C=O) groups is 2. The Bertz CT molecular complexity index is 822. The molecule has 1 saturated heterocycles. The van der Waals surface area contributed by atoms with E-state index in [1.807, 2.05) is 19.1 Å². The first-order chi connectivity index (χ1) is 12.8. The molecular formula is C18H18F3N3O3. The first kappa shape index (κ1) is 18.8. The predicted octanol–water partition coefficient (Wildman–Crippen LogP) is 3.60. The van der Waals surface area contributed by atoms with Crippen molar-refractivity contribution in [2.45, 2.75) is 13.1 Å². The van der Waals surface area contributed by atoms with Crippen molar-refractivity contribution in [1.82, 2.24) is 9.80 Å². The number of furan rings is 1. The number of rotatable bonds is 2. The van der Waals surface area contributed by atoms with E-state index in [9.17, 15) is 22.8 Å². The second-order valence-electron chi connectivity index (χ2n) is 6.24. The second-order valence-corrected chi connectivity index (χ2v) is 6.24. The van der Waals surface area contributed by atoms with Crippen LogP contribution in [0.1, 0.15) is 21.7 Å². The lowest BCUT2D eigenvalue weighted by molar-refractivity contribution is -0.153. The van der Waals surface area contributed by atoms with Crippen molar-refractivity contribution >= 4 is 17.6 Å². The lowest BCUT2D eigenvalue weighted by Gasteiger charge is -2.34. The number of halogens is 3. The topological polar surface area (TPSA) is 65.8 Å². The van der Waals surface area contributed by atoms with Crippen LogP contribution in [0.25, 0.3) is 0 Å². The Hall–Kier alpha value is -2.97. The minimum atomic E-state index is -4.73. The van der Waals surface area contributed by atoms with Crippen LogP contribution >= 0.6 is 0 Å². The van der Waals surface area contributed by atoms with E-state index in [2.05, 4.69) is 9.73 Å². The molecule has 0 spiro atoms. The van der Waals surface area contributed by atoms with E-state index in [0.29, 0.717) is 5.69 Å². The van der Waals surface area contributed by atoms with E-state index < -0.39 is 23.4 Å². The number of hydrogen-bond donors (Lipinski definition) is 1. The summed E-state index contributed by atoms with van der Waals surface area (Å²) < 4.78 is 43.1. The van der Waals surface area contributed by atoms with Gasteiger partial charge in [-0.05, 0) is 25.1 Å². The quantitative estimate of drug-likeness (QED) is 0.865. The van der Waals surface area contributed by atoms with Crippen LogP contribution in [0.15, 0.2) is 41.0 Å². The summed E-state index contributed by atoms with van der Waals surface area (Å²) in [6.45, 7) is 2.67. The molecule has 0 radical (unpaired) electrons. The molecule has 0 atom stereocenters. The van der Waals surface area contributed by atoms with Gasteiger partial charge in [-0.25, -0.2) is 4.79 Å². The molecule has 3 rings (SSSR count). The number of piperazine rings is 1. The maximum atomic E-state index is 12.9. The zero-order valence-corrected chi connectivity index (χ0v) is 14.5. The monoisotopic (exact) mass is 381 g/mol. The van der Waals surface area contributed by atoms with Crippen LogP contribution in [0.5, 0.6) is 0 Å². The van der Waals surface area contributed by atoms with Crippen LogP contribution in [0.4, 0.5) is 23.7 Å². The van der Waals surface area contributed by atoms with Gasteiger partial charge in [0.05, 0.1) is 11.8 Å². The van der Waals surface area contributed by atoms with Crippen LogP contribution in [-0.4, -0.2) is 47.9 Å². The van der Waals surface area contributed by atoms with E-state index in [4.69, 9.17) is 0 Å². The first-order valence-corrected chi connectivity index (χ1v) is 8.32. The lowest BCUT2D eigenvalue weighted by Crippen LogP contribution is -2.51. The number of benzene rings is 1. The summed E-state index contributed by atoms with van der Waals surface area (Å²) in [4.78, 5) is 27.5. The summed E-state index contributed by atoms with van der Waals surface area (Å²) in [6, 6.07) is 8.01. The molecule has 2 aromatic rings. The Morgan fingerprint density at radius 2 is 1.59 bits per heavy atom. The maximum Gasteiger partial charge on any atom is 0.450 e. The lowest BCUT2D eigenvalue weighted by atomic mass is 10.2. The average molecular weight is 381 g/mol. The molecule has 1 aliphatic rings. The van der Waals surface area contributed by atoms with Gasteiger partial charge in [0.15, 0.2) is 0 Å². The summed E-state index contributed by atoms with van der Waals surface area (Å²) in [7, 11) is 0. The van der Waals surface area contributed by atoms with E-state index in [-0.39, 0.29) is 32.2 Å². The molecule has 6 nitrogen and oxygen atoms in total. The molecule has 1 aromatic heterocycles. The van der Waals surface area contributed by atoms with E-state index in [1.165, 1.54) is 9.80 Å². The molecule has 144 valence electrons. The third-order valence-electron chi connectivity index (χ3n) is 4.31. The molecule has 2 heterocycles. The SMILES string of the molecule is Cc1ccc(NC(=O)N2CCN(C(=O)c3ccoc3C(F)(F)F)CC2)cc1. The summed E-state index contributed by atoms with van der Waals surface area (Å²) in [5.41, 5.74) is 1.20. The minimum Gasteiger partial charge on any atom is -0.459 e. The number of nitrogens with zero attached hydrogens (tertiary/aromatic N) is 2. The highest BCUT2D eigenvalue weighted by Crippen LogP contribution is 2.33. The van der Waals surface area contributed by atoms with Crippen LogP contribution in [-0.2, 0) is 6.18 Å². The highest BCUT2D eigenvalue weighted by atomic mass is 19.4. The van der Waals surface area contributed by atoms with Crippen LogP contribution in [0, 0.1) is 6.92 Å². The van der Waals surface area contributed by atoms with Gasteiger partial charge in [0.1, 0.15) is 0 Å². The number of aryl methyl sites for hydroxylation is 1. The third-order valence-corrected chi connectivity index (χ3v) is 4.31. The number of anilines is 1. The molecule has 0 unspecified atom stereocenters. The number of nitrogens with one attached hydrogen (secondary N) is 1. The van der Waals surface area contributed by atoms with Crippen molar-refractivity contribution in [3.8, 4) is 0 Å². The van der Waals surface area contributed by atoms with Crippen molar-refractivity contribution in [2.75, 3.05) is 31.5 Å². The van der Waals surface area contributed by atoms with E-state index in [0.717, 1.165) is 17.9 Å². The first-order valence-electron chi connectivity index (χ1n) is 8.32. The van der Waals surface area contributed by atoms with Crippen molar-refractivity contribution in [3.63, 3.8) is 0 Å². The van der Waals surface area contributed by atoms with Gasteiger partial charge >= 0.3 is 12.2 Å². The largest absolute Gasteiger partial charge is 0.459 e. The molecule has 1 aliphatic heterocycles. The predicted molar refractivity (Wildman–Crippen MR) is 91.4 cm³/mol. The van der Waals surface area contributed by atoms with Gasteiger partial charge in [0, 0.05) is 31.9 Å². The number of alkyl halides is 3. The minimum absolute atomic E-state index is 0.141. The van der Waals surface area contributed by atoms with E-state index in [1.54, 1.807) is 12.1 Å². The summed E-state index contributed by atoms with van der Waals surface area (Å²) >= 11 is 0. The fourth-order valence-corrected chi connectivity index (χ4v) is 2.82. The van der Waals surface area contributed by atoms with Gasteiger partial charge in [0.2, 0.25) is 5.76 Å². The van der Waals surface area contributed by atoms with E-state index >= 15 is 0 Å². The van der Waals surface area contributed by atoms with Crippen LogP contribution < -0.4 is 5.32 Å². The maximum absolute atomic E-state index is 12.9. The molecule has 27 heavy (non-hydrogen) atoms. The Morgan fingerprint density at radius 3 is 2.19 bits per heavy atom. The van der Waals surface area contributed by atoms with Gasteiger partial charge in [0.25, 0.3) is 5.91 Å². The second kappa shape index (κ2) is 7.34. The molecule has 9 heteroatoms. The van der Waals surface area contributed by atoms with Crippen LogP contribution in [0.2, 0.25) is 0 Å². The molecule has 3 amide bonds. The highest BCUT2D eigenvalue weighted by Gasteiger charge is 2.40. The fraction of sp³-hybridized carbons (Fsp3) is 0.333. The van der Waals surface area contributed by atoms with Gasteiger partial charge in [-0.15, -0.1) is 0 Å². The Balaban J connectivity index is 1.58. The van der Waals surface area contributed by atoms with Crippen molar-refractivity contribution < 1.29 is 27.2 Å². The third kappa shape index (κ3) is 4.24. The summed E-state index contributed by atoms with van der Waals surface area (Å²) in [5.74, 6) is -2.05. The molecule has 1 fully saturated rings. The highest BCUT2D eigenvalue weighted by molar-refractivity contribution is 5.95. The molecule has 1 N–H and O–H groups in total. The van der Waals surface area contributed by atoms with Crippen LogP contribution in [0.3, 0.4) is 0 Å². The normalized spacial score (nSPS) is 15.0. The summed E-state index contributed by atoms with van der Waals surface area (Å²) in [5, 5.41) is 2.76. The van der Waals surface area contributed by atoms with Gasteiger partial charge in [-0.3, -0.25) is 4.79 Å². The van der Waals surface area contributed by atoms with Gasteiger partial charge in [-0.2, -0.15) is 13.2 Å². The Kier molecular flexibility index (Phi) is 5.11. The number of hydrogen-bond acceptors (Lipinski definition) is 3. The average Bonchev–Trinajstić information content (AvgIpc) is 3.13. The number of amides is 3. The standard InChI is InChI=1S/C18H18F3N3O3/c1-12-2-4-13(5-3-12)22-17(26)24-9-7-23(8-10-24)16(25)14-6-11-27-15(14)18(19,20)21/h2-6,11H,7-10H2,1H3,(H,22,26).